The first-order valence-electron chi connectivity index (χ1n) is 4.69. The molecule has 1 heterocycles. The maximum atomic E-state index is 11.6. The number of aryl methyl sites for hydroxylation is 1. The first-order chi connectivity index (χ1) is 6.68. The van der Waals surface area contributed by atoms with Crippen LogP contribution in [0.4, 0.5) is 10.5 Å². The average molecular weight is 278 g/mol. The molecular formula is C11H13N2OY-. The number of urea groups is 1. The van der Waals surface area contributed by atoms with Crippen LogP contribution in [0, 0.1) is 13.0 Å². The van der Waals surface area contributed by atoms with E-state index in [1.54, 1.807) is 9.80 Å². The molecule has 1 aromatic rings. The molecular weight excluding hydrogens is 265 g/mol. The second-order valence-corrected chi connectivity index (χ2v) is 3.59. The van der Waals surface area contributed by atoms with E-state index in [0.29, 0.717) is 0 Å². The quantitative estimate of drug-likeness (QED) is 0.717. The minimum atomic E-state index is 0. The van der Waals surface area contributed by atoms with Gasteiger partial charge in [-0.2, -0.15) is 23.8 Å². The number of carbonyl (C=O) groups excluding carboxylic acids is 1. The van der Waals surface area contributed by atoms with Crippen molar-refractivity contribution in [3.8, 4) is 0 Å². The molecule has 15 heavy (non-hydrogen) atoms. The molecule has 0 unspecified atom stereocenters. The van der Waals surface area contributed by atoms with Crippen LogP contribution in [-0.4, -0.2) is 31.1 Å². The summed E-state index contributed by atoms with van der Waals surface area (Å²) in [7, 11) is 1.82. The standard InChI is InChI=1S/C11H13N2O.Y/c1-9-3-5-10(6-4-9)13-8-7-12(2)11(13)14;/h3,5-6H,7-8H2,1-2H3;/q-1;. The molecule has 77 valence electrons. The maximum Gasteiger partial charge on any atom is 0.313 e. The maximum absolute atomic E-state index is 11.6. The van der Waals surface area contributed by atoms with Gasteiger partial charge in [-0.05, 0) is 0 Å². The first-order valence-corrected chi connectivity index (χ1v) is 4.69. The number of likely N-dealkylation sites (N-methyl/N-ethyl adjacent to an activating group) is 1. The molecule has 2 amide bonds. The van der Waals surface area contributed by atoms with E-state index in [-0.39, 0.29) is 38.7 Å². The predicted octanol–water partition coefficient (Wildman–Crippen LogP) is 1.66. The number of amides is 2. The summed E-state index contributed by atoms with van der Waals surface area (Å²) in [5.74, 6) is 0. The molecule has 1 saturated heterocycles. The largest absolute Gasteiger partial charge is 0.346 e. The topological polar surface area (TPSA) is 23.6 Å². The summed E-state index contributed by atoms with van der Waals surface area (Å²) in [5, 5.41) is 0. The Hall–Kier alpha value is -0.406. The fourth-order valence-corrected chi connectivity index (χ4v) is 1.55. The Morgan fingerprint density at radius 1 is 1.33 bits per heavy atom. The van der Waals surface area contributed by atoms with Crippen LogP contribution in [0.3, 0.4) is 0 Å². The van der Waals surface area contributed by atoms with Gasteiger partial charge in [-0.15, -0.1) is 6.07 Å². The van der Waals surface area contributed by atoms with Crippen molar-refractivity contribution in [2.45, 2.75) is 6.92 Å². The molecule has 0 atom stereocenters. The number of anilines is 1. The van der Waals surface area contributed by atoms with Gasteiger partial charge in [-0.3, -0.25) is 0 Å². The first kappa shape index (κ1) is 12.7. The van der Waals surface area contributed by atoms with Gasteiger partial charge >= 0.3 is 6.03 Å². The summed E-state index contributed by atoms with van der Waals surface area (Å²) in [6, 6.07) is 8.97. The molecule has 3 nitrogen and oxygen atoms in total. The van der Waals surface area contributed by atoms with Crippen LogP contribution in [0.5, 0.6) is 0 Å². The van der Waals surface area contributed by atoms with Crippen LogP contribution in [0.2, 0.25) is 0 Å². The van der Waals surface area contributed by atoms with Crippen LogP contribution in [0.25, 0.3) is 0 Å². The second kappa shape index (κ2) is 5.08. The van der Waals surface area contributed by atoms with Crippen LogP contribution < -0.4 is 4.90 Å². The third kappa shape index (κ3) is 2.58. The third-order valence-corrected chi connectivity index (χ3v) is 2.48. The molecule has 1 fully saturated rings. The van der Waals surface area contributed by atoms with Crippen molar-refractivity contribution in [2.24, 2.45) is 0 Å². The van der Waals surface area contributed by atoms with Gasteiger partial charge in [0.25, 0.3) is 0 Å². The van der Waals surface area contributed by atoms with E-state index in [2.05, 4.69) is 6.07 Å². The van der Waals surface area contributed by atoms with E-state index in [0.717, 1.165) is 24.3 Å². The third-order valence-electron chi connectivity index (χ3n) is 2.48. The number of nitrogens with zero attached hydrogens (tertiary/aromatic N) is 2. The van der Waals surface area contributed by atoms with Crippen LogP contribution in [0.15, 0.2) is 18.2 Å². The van der Waals surface area contributed by atoms with Crippen LogP contribution >= 0.6 is 0 Å². The molecule has 2 rings (SSSR count). The van der Waals surface area contributed by atoms with Crippen molar-refractivity contribution < 1.29 is 37.5 Å². The Balaban J connectivity index is 0.00000112. The van der Waals surface area contributed by atoms with E-state index >= 15 is 0 Å². The molecule has 0 spiro atoms. The van der Waals surface area contributed by atoms with E-state index in [1.807, 2.05) is 32.2 Å². The number of carbonyl (C=O) groups is 1. The van der Waals surface area contributed by atoms with Crippen molar-refractivity contribution >= 4 is 11.7 Å². The van der Waals surface area contributed by atoms with Gasteiger partial charge in [0, 0.05) is 52.8 Å². The van der Waals surface area contributed by atoms with Crippen LogP contribution in [-0.2, 0) is 32.7 Å². The Morgan fingerprint density at radius 2 is 2.07 bits per heavy atom. The zero-order valence-electron chi connectivity index (χ0n) is 9.03. The summed E-state index contributed by atoms with van der Waals surface area (Å²) in [6.07, 6.45) is 0. The SMILES string of the molecule is Cc1[c-]cc(N2CCN(C)C2=O)cc1.[Y]. The molecule has 0 bridgehead atoms. The van der Waals surface area contributed by atoms with Crippen molar-refractivity contribution in [2.75, 3.05) is 25.0 Å². The summed E-state index contributed by atoms with van der Waals surface area (Å²) < 4.78 is 0. The zero-order chi connectivity index (χ0) is 10.1. The predicted molar refractivity (Wildman–Crippen MR) is 55.4 cm³/mol. The summed E-state index contributed by atoms with van der Waals surface area (Å²) in [5.41, 5.74) is 2.03. The van der Waals surface area contributed by atoms with Gasteiger partial charge in [0.1, 0.15) is 0 Å². The van der Waals surface area contributed by atoms with Gasteiger partial charge in [0.15, 0.2) is 0 Å². The number of hydrogen-bond acceptors (Lipinski definition) is 1. The molecule has 1 radical (unpaired) electrons. The average Bonchev–Trinajstić information content (AvgIpc) is 2.50. The number of benzene rings is 1. The van der Waals surface area contributed by atoms with Gasteiger partial charge in [0.05, 0.1) is 0 Å². The van der Waals surface area contributed by atoms with Gasteiger partial charge in [-0.1, -0.05) is 12.6 Å². The fourth-order valence-electron chi connectivity index (χ4n) is 1.55. The van der Waals surface area contributed by atoms with Crippen molar-refractivity contribution in [3.63, 3.8) is 0 Å². The smallest absolute Gasteiger partial charge is 0.313 e. The Bertz CT molecular complexity index is 350. The second-order valence-electron chi connectivity index (χ2n) is 3.59. The Morgan fingerprint density at radius 3 is 2.53 bits per heavy atom. The molecule has 1 aliphatic heterocycles. The zero-order valence-corrected chi connectivity index (χ0v) is 11.9. The minimum Gasteiger partial charge on any atom is -0.346 e. The summed E-state index contributed by atoms with van der Waals surface area (Å²) in [4.78, 5) is 15.1. The van der Waals surface area contributed by atoms with E-state index in [1.165, 1.54) is 0 Å². The molecule has 1 aromatic carbocycles. The van der Waals surface area contributed by atoms with Crippen molar-refractivity contribution in [1.29, 1.82) is 0 Å². The normalized spacial score (nSPS) is 15.5. The van der Waals surface area contributed by atoms with Gasteiger partial charge in [-0.25, -0.2) is 4.79 Å². The summed E-state index contributed by atoms with van der Waals surface area (Å²) in [6.45, 7) is 3.56. The van der Waals surface area contributed by atoms with E-state index < -0.39 is 0 Å². The number of rotatable bonds is 1. The summed E-state index contributed by atoms with van der Waals surface area (Å²) >= 11 is 0. The number of hydrogen-bond donors (Lipinski definition) is 0. The van der Waals surface area contributed by atoms with E-state index in [9.17, 15) is 4.79 Å². The molecule has 4 heteroatoms. The van der Waals surface area contributed by atoms with Crippen molar-refractivity contribution in [3.05, 3.63) is 29.8 Å². The molecule has 0 N–H and O–H groups in total. The molecule has 0 saturated carbocycles. The van der Waals surface area contributed by atoms with Gasteiger partial charge < -0.3 is 9.80 Å². The Labute approximate surface area is 115 Å². The van der Waals surface area contributed by atoms with Crippen molar-refractivity contribution in [1.82, 2.24) is 4.90 Å². The molecule has 0 aliphatic carbocycles. The Kier molecular flexibility index (Phi) is 4.29. The van der Waals surface area contributed by atoms with Gasteiger partial charge in [0.2, 0.25) is 0 Å². The van der Waals surface area contributed by atoms with E-state index in [4.69, 9.17) is 0 Å². The fraction of sp³-hybridized carbons (Fsp3) is 0.364. The minimum absolute atomic E-state index is 0. The van der Waals surface area contributed by atoms with Crippen LogP contribution in [0.1, 0.15) is 5.56 Å². The molecule has 1 aliphatic rings. The monoisotopic (exact) mass is 278 g/mol. The molecule has 0 aromatic heterocycles.